The molecular formula is C15H13F2NO. The highest BCUT2D eigenvalue weighted by atomic mass is 19.1. The molecule has 4 heteroatoms. The number of rotatable bonds is 4. The number of carbonyl (C=O) groups is 1. The van der Waals surface area contributed by atoms with Gasteiger partial charge in [-0.25, -0.2) is 8.78 Å². The van der Waals surface area contributed by atoms with Crippen LogP contribution < -0.4 is 0 Å². The minimum Gasteiger partial charge on any atom is -0.349 e. The third kappa shape index (κ3) is 2.43. The van der Waals surface area contributed by atoms with Gasteiger partial charge in [0, 0.05) is 29.4 Å². The molecule has 98 valence electrons. The fourth-order valence-corrected chi connectivity index (χ4v) is 2.13. The van der Waals surface area contributed by atoms with Crippen molar-refractivity contribution >= 4 is 5.78 Å². The maximum atomic E-state index is 13.5. The summed E-state index contributed by atoms with van der Waals surface area (Å²) in [6.45, 7) is 0.0937. The zero-order valence-corrected chi connectivity index (χ0v) is 10.3. The van der Waals surface area contributed by atoms with Crippen LogP contribution in [0, 0.1) is 17.6 Å². The van der Waals surface area contributed by atoms with Crippen LogP contribution in [-0.2, 0) is 6.54 Å². The molecule has 0 amide bonds. The van der Waals surface area contributed by atoms with Crippen LogP contribution in [-0.4, -0.2) is 10.4 Å². The topological polar surface area (TPSA) is 22.0 Å². The van der Waals surface area contributed by atoms with Gasteiger partial charge in [-0.1, -0.05) is 6.07 Å². The first kappa shape index (κ1) is 12.1. The first-order chi connectivity index (χ1) is 9.15. The number of hydrogen-bond acceptors (Lipinski definition) is 1. The Bertz CT molecular complexity index is 609. The van der Waals surface area contributed by atoms with Crippen molar-refractivity contribution in [2.45, 2.75) is 19.4 Å². The van der Waals surface area contributed by atoms with E-state index in [1.165, 1.54) is 18.2 Å². The Morgan fingerprint density at radius 3 is 2.53 bits per heavy atom. The van der Waals surface area contributed by atoms with Gasteiger partial charge in [-0.15, -0.1) is 0 Å². The third-order valence-corrected chi connectivity index (χ3v) is 3.39. The van der Waals surface area contributed by atoms with Gasteiger partial charge in [0.2, 0.25) is 0 Å². The summed E-state index contributed by atoms with van der Waals surface area (Å²) in [7, 11) is 0. The number of halogens is 2. The van der Waals surface area contributed by atoms with Crippen molar-refractivity contribution in [2.75, 3.05) is 0 Å². The molecule has 1 aromatic heterocycles. The molecule has 1 aliphatic carbocycles. The van der Waals surface area contributed by atoms with E-state index in [0.717, 1.165) is 12.8 Å². The highest BCUT2D eigenvalue weighted by Crippen LogP contribution is 2.32. The second-order valence-electron chi connectivity index (χ2n) is 4.91. The molecule has 0 spiro atoms. The van der Waals surface area contributed by atoms with Gasteiger partial charge in [0.25, 0.3) is 0 Å². The summed E-state index contributed by atoms with van der Waals surface area (Å²) in [5.74, 6) is -0.846. The van der Waals surface area contributed by atoms with Crippen molar-refractivity contribution < 1.29 is 13.6 Å². The third-order valence-electron chi connectivity index (χ3n) is 3.39. The lowest BCUT2D eigenvalue weighted by Crippen LogP contribution is -2.04. The molecule has 1 saturated carbocycles. The lowest BCUT2D eigenvalue weighted by Gasteiger charge is -2.05. The number of Topliss-reactive ketones (excluding diaryl/α,β-unsaturated/α-hetero) is 1. The number of hydrogen-bond donors (Lipinski definition) is 0. The van der Waals surface area contributed by atoms with Gasteiger partial charge < -0.3 is 4.57 Å². The van der Waals surface area contributed by atoms with Crippen molar-refractivity contribution in [2.24, 2.45) is 5.92 Å². The molecule has 0 unspecified atom stereocenters. The summed E-state index contributed by atoms with van der Waals surface area (Å²) in [6, 6.07) is 5.52. The molecule has 2 nitrogen and oxygen atoms in total. The molecule has 1 aromatic carbocycles. The molecule has 0 saturated heterocycles. The molecule has 1 fully saturated rings. The Balaban J connectivity index is 1.82. The fraction of sp³-hybridized carbons (Fsp3) is 0.267. The average molecular weight is 261 g/mol. The van der Waals surface area contributed by atoms with E-state index >= 15 is 0 Å². The lowest BCUT2D eigenvalue weighted by atomic mass is 10.1. The molecule has 0 bridgehead atoms. The quantitative estimate of drug-likeness (QED) is 0.773. The second kappa shape index (κ2) is 4.61. The van der Waals surface area contributed by atoms with Gasteiger partial charge in [-0.05, 0) is 31.0 Å². The molecule has 0 radical (unpaired) electrons. The number of ketones is 1. The molecule has 0 aliphatic heterocycles. The normalized spacial score (nSPS) is 14.6. The van der Waals surface area contributed by atoms with Gasteiger partial charge in [-0.2, -0.15) is 0 Å². The molecular weight excluding hydrogens is 248 g/mol. The number of nitrogens with zero attached hydrogens (tertiary/aromatic N) is 1. The maximum Gasteiger partial charge on any atom is 0.167 e. The van der Waals surface area contributed by atoms with Crippen LogP contribution in [0.4, 0.5) is 8.78 Å². The van der Waals surface area contributed by atoms with Crippen LogP contribution in [0.2, 0.25) is 0 Å². The van der Waals surface area contributed by atoms with Gasteiger partial charge in [-0.3, -0.25) is 4.79 Å². The zero-order valence-electron chi connectivity index (χ0n) is 10.3. The van der Waals surface area contributed by atoms with Crippen molar-refractivity contribution in [3.63, 3.8) is 0 Å². The maximum absolute atomic E-state index is 13.5. The predicted molar refractivity (Wildman–Crippen MR) is 66.9 cm³/mol. The second-order valence-corrected chi connectivity index (χ2v) is 4.91. The van der Waals surface area contributed by atoms with E-state index in [1.807, 2.05) is 0 Å². The average Bonchev–Trinajstić information content (AvgIpc) is 3.13. The largest absolute Gasteiger partial charge is 0.349 e. The summed E-state index contributed by atoms with van der Waals surface area (Å²) in [6.07, 6.45) is 5.24. The Hall–Kier alpha value is -1.97. The Kier molecular flexibility index (Phi) is 2.93. The van der Waals surface area contributed by atoms with E-state index in [0.29, 0.717) is 5.56 Å². The van der Waals surface area contributed by atoms with Crippen LogP contribution in [0.15, 0.2) is 36.7 Å². The minimum absolute atomic E-state index is 0.0171. The summed E-state index contributed by atoms with van der Waals surface area (Å²) >= 11 is 0. The van der Waals surface area contributed by atoms with E-state index in [9.17, 15) is 13.6 Å². The molecule has 1 heterocycles. The van der Waals surface area contributed by atoms with Gasteiger partial charge in [0.15, 0.2) is 5.78 Å². The van der Waals surface area contributed by atoms with Crippen LogP contribution >= 0.6 is 0 Å². The SMILES string of the molecule is O=C(c1ccn(Cc2c(F)cccc2F)c1)C1CC1. The Labute approximate surface area is 109 Å². The van der Waals surface area contributed by atoms with Crippen molar-refractivity contribution in [1.82, 2.24) is 4.57 Å². The zero-order chi connectivity index (χ0) is 13.4. The number of carbonyl (C=O) groups excluding carboxylic acids is 1. The summed E-state index contributed by atoms with van der Waals surface area (Å²) in [5, 5.41) is 0. The standard InChI is InChI=1S/C15H13F2NO/c16-13-2-1-3-14(17)12(13)9-18-7-6-11(8-18)15(19)10-4-5-10/h1-3,6-8,10H,4-5,9H2. The van der Waals surface area contributed by atoms with E-state index in [1.54, 1.807) is 23.0 Å². The van der Waals surface area contributed by atoms with Crippen LogP contribution in [0.1, 0.15) is 28.8 Å². The first-order valence-electron chi connectivity index (χ1n) is 6.28. The monoisotopic (exact) mass is 261 g/mol. The Morgan fingerprint density at radius 2 is 1.89 bits per heavy atom. The summed E-state index contributed by atoms with van der Waals surface area (Å²) in [5.41, 5.74) is 0.641. The first-order valence-corrected chi connectivity index (χ1v) is 6.28. The Morgan fingerprint density at radius 1 is 1.21 bits per heavy atom. The molecule has 0 atom stereocenters. The molecule has 19 heavy (non-hydrogen) atoms. The highest BCUT2D eigenvalue weighted by molar-refractivity contribution is 5.99. The van der Waals surface area contributed by atoms with E-state index < -0.39 is 11.6 Å². The van der Waals surface area contributed by atoms with Gasteiger partial charge >= 0.3 is 0 Å². The lowest BCUT2D eigenvalue weighted by molar-refractivity contribution is 0.0967. The molecule has 3 rings (SSSR count). The van der Waals surface area contributed by atoms with E-state index in [4.69, 9.17) is 0 Å². The highest BCUT2D eigenvalue weighted by Gasteiger charge is 2.30. The van der Waals surface area contributed by atoms with E-state index in [2.05, 4.69) is 0 Å². The minimum atomic E-state index is -0.566. The smallest absolute Gasteiger partial charge is 0.167 e. The van der Waals surface area contributed by atoms with Crippen LogP contribution in [0.5, 0.6) is 0 Å². The number of benzene rings is 1. The van der Waals surface area contributed by atoms with Crippen LogP contribution in [0.3, 0.4) is 0 Å². The summed E-state index contributed by atoms with van der Waals surface area (Å²) < 4.78 is 28.7. The predicted octanol–water partition coefficient (Wildman–Crippen LogP) is 3.41. The van der Waals surface area contributed by atoms with Crippen molar-refractivity contribution in [3.05, 3.63) is 59.4 Å². The number of aromatic nitrogens is 1. The fourth-order valence-electron chi connectivity index (χ4n) is 2.13. The van der Waals surface area contributed by atoms with E-state index in [-0.39, 0.29) is 23.8 Å². The van der Waals surface area contributed by atoms with Gasteiger partial charge in [0.05, 0.1) is 6.54 Å². The van der Waals surface area contributed by atoms with Gasteiger partial charge in [0.1, 0.15) is 11.6 Å². The van der Waals surface area contributed by atoms with Crippen LogP contribution in [0.25, 0.3) is 0 Å². The molecule has 2 aromatic rings. The molecule has 1 aliphatic rings. The molecule has 0 N–H and O–H groups in total. The summed E-state index contributed by atoms with van der Waals surface area (Å²) in [4.78, 5) is 11.8. The van der Waals surface area contributed by atoms with Crippen molar-refractivity contribution in [3.8, 4) is 0 Å². The van der Waals surface area contributed by atoms with Crippen molar-refractivity contribution in [1.29, 1.82) is 0 Å².